The van der Waals surface area contributed by atoms with E-state index in [1.807, 2.05) is 60.7 Å². The van der Waals surface area contributed by atoms with Gasteiger partial charge in [-0.15, -0.1) is 0 Å². The number of alkyl halides is 1. The Morgan fingerprint density at radius 2 is 1.36 bits per heavy atom. The number of rotatable bonds is 12. The second-order valence-electron chi connectivity index (χ2n) is 8.15. The molecule has 1 saturated heterocycles. The van der Waals surface area contributed by atoms with E-state index < -0.39 is 30.0 Å². The van der Waals surface area contributed by atoms with Crippen molar-refractivity contribution in [3.05, 3.63) is 71.8 Å². The third-order valence-corrected chi connectivity index (χ3v) is 6.65. The highest BCUT2D eigenvalue weighted by Crippen LogP contribution is 2.43. The van der Waals surface area contributed by atoms with Crippen LogP contribution in [0.3, 0.4) is 0 Å². The summed E-state index contributed by atoms with van der Waals surface area (Å²) < 4.78 is 4.76. The van der Waals surface area contributed by atoms with Crippen LogP contribution in [0.2, 0.25) is 0 Å². The van der Waals surface area contributed by atoms with E-state index in [1.54, 1.807) is 4.90 Å². The number of carbonyl (C=O) groups excluding carboxylic acids is 3. The molecular weight excluding hydrogens is 484 g/mol. The van der Waals surface area contributed by atoms with Crippen LogP contribution >= 0.6 is 15.9 Å². The predicted octanol–water partition coefficient (Wildman–Crippen LogP) is 5.10. The predicted molar refractivity (Wildman–Crippen MR) is 131 cm³/mol. The first-order valence-corrected chi connectivity index (χ1v) is 12.6. The van der Waals surface area contributed by atoms with Gasteiger partial charge in [0.05, 0.1) is 7.11 Å². The molecule has 176 valence electrons. The third-order valence-electron chi connectivity index (χ3n) is 6.08. The molecule has 6 nitrogen and oxygen atoms in total. The molecule has 1 aliphatic heterocycles. The van der Waals surface area contributed by atoms with E-state index in [2.05, 4.69) is 15.9 Å². The van der Waals surface area contributed by atoms with Crippen molar-refractivity contribution in [1.29, 1.82) is 0 Å². The van der Waals surface area contributed by atoms with Gasteiger partial charge in [-0.05, 0) is 24.0 Å². The Morgan fingerprint density at radius 1 is 0.848 bits per heavy atom. The van der Waals surface area contributed by atoms with Crippen molar-refractivity contribution >= 4 is 33.8 Å². The van der Waals surface area contributed by atoms with Gasteiger partial charge >= 0.3 is 12.0 Å². The minimum atomic E-state index is -1.32. The summed E-state index contributed by atoms with van der Waals surface area (Å²) in [6, 6.07) is 18.2. The smallest absolute Gasteiger partial charge is 0.328 e. The number of imide groups is 1. The lowest BCUT2D eigenvalue weighted by Crippen LogP contribution is -2.48. The molecule has 1 heterocycles. The van der Waals surface area contributed by atoms with Crippen molar-refractivity contribution < 1.29 is 19.1 Å². The van der Waals surface area contributed by atoms with E-state index in [0.29, 0.717) is 17.7 Å². The average Bonchev–Trinajstić information content (AvgIpc) is 3.06. The molecule has 2 aromatic carbocycles. The van der Waals surface area contributed by atoms with Gasteiger partial charge in [-0.3, -0.25) is 14.5 Å². The fourth-order valence-electron chi connectivity index (χ4n) is 4.44. The van der Waals surface area contributed by atoms with Gasteiger partial charge in [0.2, 0.25) is 0 Å². The van der Waals surface area contributed by atoms with Crippen LogP contribution in [-0.4, -0.2) is 53.2 Å². The van der Waals surface area contributed by atoms with Crippen LogP contribution in [0.1, 0.15) is 49.7 Å². The highest BCUT2D eigenvalue weighted by atomic mass is 79.9. The Labute approximate surface area is 204 Å². The number of hydrogen-bond donors (Lipinski definition) is 0. The molecule has 0 saturated carbocycles. The number of halogens is 1. The Bertz CT molecular complexity index is 896. The molecule has 0 N–H and O–H groups in total. The van der Waals surface area contributed by atoms with E-state index in [4.69, 9.17) is 4.74 Å². The molecule has 0 unspecified atom stereocenters. The molecule has 0 spiro atoms. The number of methoxy groups -OCH3 is 1. The van der Waals surface area contributed by atoms with Gasteiger partial charge in [-0.2, -0.15) is 0 Å². The number of amides is 3. The molecule has 7 heteroatoms. The third kappa shape index (κ3) is 5.29. The summed E-state index contributed by atoms with van der Waals surface area (Å²) in [4.78, 5) is 42.2. The summed E-state index contributed by atoms with van der Waals surface area (Å²) in [5.41, 5.74) is 0.0994. The van der Waals surface area contributed by atoms with Crippen LogP contribution < -0.4 is 0 Å². The largest absolute Gasteiger partial charge is 0.468 e. The van der Waals surface area contributed by atoms with Gasteiger partial charge < -0.3 is 9.64 Å². The van der Waals surface area contributed by atoms with Gasteiger partial charge in [-0.25, -0.2) is 4.79 Å². The quantitative estimate of drug-likeness (QED) is 0.171. The maximum absolute atomic E-state index is 14.0. The lowest BCUT2D eigenvalue weighted by atomic mass is 9.81. The summed E-state index contributed by atoms with van der Waals surface area (Å²) in [5.74, 6) is -1.05. The second kappa shape index (κ2) is 12.0. The van der Waals surface area contributed by atoms with E-state index in [-0.39, 0.29) is 0 Å². The molecule has 3 rings (SSSR count). The summed E-state index contributed by atoms with van der Waals surface area (Å²) >= 11 is 3.46. The molecule has 0 radical (unpaired) electrons. The van der Waals surface area contributed by atoms with Crippen LogP contribution in [0.25, 0.3) is 0 Å². The number of nitrogens with zero attached hydrogens (tertiary/aromatic N) is 2. The molecule has 0 aliphatic carbocycles. The molecule has 0 bridgehead atoms. The van der Waals surface area contributed by atoms with Crippen molar-refractivity contribution in [3.63, 3.8) is 0 Å². The van der Waals surface area contributed by atoms with Crippen molar-refractivity contribution in [2.75, 3.05) is 25.5 Å². The van der Waals surface area contributed by atoms with Crippen molar-refractivity contribution in [3.8, 4) is 0 Å². The zero-order valence-electron chi connectivity index (χ0n) is 19.0. The van der Waals surface area contributed by atoms with Gasteiger partial charge in [0.25, 0.3) is 5.91 Å². The number of esters is 1. The monoisotopic (exact) mass is 514 g/mol. The van der Waals surface area contributed by atoms with E-state index in [9.17, 15) is 14.4 Å². The van der Waals surface area contributed by atoms with Crippen LogP contribution in [0.5, 0.6) is 0 Å². The molecule has 0 atom stereocenters. The molecule has 1 aliphatic rings. The zero-order valence-corrected chi connectivity index (χ0v) is 20.6. The minimum Gasteiger partial charge on any atom is -0.468 e. The van der Waals surface area contributed by atoms with Crippen molar-refractivity contribution in [2.24, 2.45) is 0 Å². The first-order chi connectivity index (χ1) is 16.1. The summed E-state index contributed by atoms with van der Waals surface area (Å²) in [5, 5.41) is 1.02. The van der Waals surface area contributed by atoms with Crippen LogP contribution in [-0.2, 0) is 19.9 Å². The number of hydrogen-bond acceptors (Lipinski definition) is 4. The summed E-state index contributed by atoms with van der Waals surface area (Å²) in [7, 11) is 1.25. The Morgan fingerprint density at radius 3 is 1.88 bits per heavy atom. The molecule has 1 fully saturated rings. The molecule has 0 aromatic heterocycles. The number of unbranched alkanes of at least 4 members (excludes halogenated alkanes) is 5. The summed E-state index contributed by atoms with van der Waals surface area (Å²) in [6.45, 7) is 0.0170. The Hall–Kier alpha value is -2.67. The number of benzene rings is 2. The van der Waals surface area contributed by atoms with Crippen LogP contribution in [0.15, 0.2) is 60.7 Å². The van der Waals surface area contributed by atoms with Crippen LogP contribution in [0, 0.1) is 0 Å². The molecule has 2 aromatic rings. The number of carbonyl (C=O) groups is 3. The minimum absolute atomic E-state index is 0.404. The fraction of sp³-hybridized carbons (Fsp3) is 0.423. The lowest BCUT2D eigenvalue weighted by Gasteiger charge is -2.36. The van der Waals surface area contributed by atoms with Crippen molar-refractivity contribution in [1.82, 2.24) is 9.80 Å². The molecular formula is C26H31BrN2O4. The highest BCUT2D eigenvalue weighted by Gasteiger charge is 2.59. The van der Waals surface area contributed by atoms with Crippen LogP contribution in [0.4, 0.5) is 4.79 Å². The van der Waals surface area contributed by atoms with Crippen molar-refractivity contribution in [2.45, 2.75) is 44.1 Å². The maximum Gasteiger partial charge on any atom is 0.328 e. The highest BCUT2D eigenvalue weighted by molar-refractivity contribution is 9.09. The van der Waals surface area contributed by atoms with Gasteiger partial charge in [0.15, 0.2) is 5.54 Å². The van der Waals surface area contributed by atoms with E-state index in [1.165, 1.54) is 13.5 Å². The number of urea groups is 1. The normalized spacial score (nSPS) is 15.2. The Balaban J connectivity index is 1.97. The molecule has 3 amide bonds. The fourth-order valence-corrected chi connectivity index (χ4v) is 4.84. The SMILES string of the molecule is COC(=O)CN1C(=O)N(CCCCCCCCBr)C(c2ccccc2)(c2ccccc2)C1=O. The second-order valence-corrected chi connectivity index (χ2v) is 8.95. The maximum atomic E-state index is 14.0. The Kier molecular flexibility index (Phi) is 9.06. The topological polar surface area (TPSA) is 66.9 Å². The average molecular weight is 515 g/mol. The number of ether oxygens (including phenoxy) is 1. The standard InChI is InChI=1S/C26H31BrN2O4/c1-33-23(30)20-28-24(31)26(21-14-8-6-9-15-21,22-16-10-7-11-17-22)29(25(28)32)19-13-5-3-2-4-12-18-27/h6-11,14-17H,2-5,12-13,18-20H2,1H3. The first-order valence-electron chi connectivity index (χ1n) is 11.4. The van der Waals surface area contributed by atoms with E-state index >= 15 is 0 Å². The summed E-state index contributed by atoms with van der Waals surface area (Å²) in [6.07, 6.45) is 6.32. The van der Waals surface area contributed by atoms with E-state index in [0.717, 1.165) is 42.3 Å². The first kappa shape index (κ1) is 25.0. The van der Waals surface area contributed by atoms with Gasteiger partial charge in [0, 0.05) is 11.9 Å². The zero-order chi connectivity index (χ0) is 23.7. The van der Waals surface area contributed by atoms with Gasteiger partial charge in [0.1, 0.15) is 6.54 Å². The lowest BCUT2D eigenvalue weighted by molar-refractivity contribution is -0.145. The molecule has 33 heavy (non-hydrogen) atoms. The van der Waals surface area contributed by atoms with Gasteiger partial charge in [-0.1, -0.05) is 102 Å².